The SMILES string of the molecule is CC.Cc1cc[nH]c1N. The molecule has 0 atom stereocenters. The molecule has 1 aromatic heterocycles. The van der Waals surface area contributed by atoms with Gasteiger partial charge in [0.1, 0.15) is 5.82 Å². The van der Waals surface area contributed by atoms with Crippen molar-refractivity contribution >= 4 is 5.82 Å². The standard InChI is InChI=1S/C5H8N2.C2H6/c1-4-2-3-7-5(4)6;1-2/h2-3,7H,6H2,1H3;1-2H3. The minimum Gasteiger partial charge on any atom is -0.385 e. The lowest BCUT2D eigenvalue weighted by molar-refractivity contribution is 1.39. The number of aromatic amines is 1. The summed E-state index contributed by atoms with van der Waals surface area (Å²) < 4.78 is 0. The molecule has 0 aliphatic rings. The normalized spacial score (nSPS) is 7.89. The minimum atomic E-state index is 0.764. The van der Waals surface area contributed by atoms with Crippen molar-refractivity contribution in [2.24, 2.45) is 0 Å². The molecule has 0 saturated heterocycles. The Kier molecular flexibility index (Phi) is 3.60. The average molecular weight is 126 g/mol. The second-order valence-electron chi connectivity index (χ2n) is 1.57. The predicted molar refractivity (Wildman–Crippen MR) is 41.3 cm³/mol. The van der Waals surface area contributed by atoms with Gasteiger partial charge in [-0.3, -0.25) is 0 Å². The van der Waals surface area contributed by atoms with E-state index in [0.717, 1.165) is 11.4 Å². The van der Waals surface area contributed by atoms with Gasteiger partial charge in [0.15, 0.2) is 0 Å². The first-order valence-electron chi connectivity index (χ1n) is 3.20. The van der Waals surface area contributed by atoms with E-state index in [4.69, 9.17) is 5.73 Å². The number of rotatable bonds is 0. The van der Waals surface area contributed by atoms with Gasteiger partial charge in [-0.15, -0.1) is 0 Å². The molecular weight excluding hydrogens is 112 g/mol. The highest BCUT2D eigenvalue weighted by molar-refractivity contribution is 5.37. The summed E-state index contributed by atoms with van der Waals surface area (Å²) in [6, 6.07) is 1.94. The molecule has 52 valence electrons. The summed E-state index contributed by atoms with van der Waals surface area (Å²) in [6.45, 7) is 5.96. The minimum absolute atomic E-state index is 0.764. The molecule has 0 aliphatic heterocycles. The molecule has 0 amide bonds. The first-order chi connectivity index (χ1) is 4.30. The first kappa shape index (κ1) is 8.08. The summed E-state index contributed by atoms with van der Waals surface area (Å²) in [5.74, 6) is 0.764. The molecule has 0 fully saturated rings. The van der Waals surface area contributed by atoms with Crippen LogP contribution in [0.15, 0.2) is 12.3 Å². The number of nitrogens with two attached hydrogens (primary N) is 1. The van der Waals surface area contributed by atoms with Gasteiger partial charge in [-0.2, -0.15) is 0 Å². The lowest BCUT2D eigenvalue weighted by Crippen LogP contribution is -1.84. The van der Waals surface area contributed by atoms with Crippen molar-refractivity contribution < 1.29 is 0 Å². The molecule has 2 heteroatoms. The van der Waals surface area contributed by atoms with E-state index in [1.54, 1.807) is 0 Å². The maximum atomic E-state index is 5.38. The second kappa shape index (κ2) is 4.01. The summed E-state index contributed by atoms with van der Waals surface area (Å²) in [5.41, 5.74) is 6.50. The summed E-state index contributed by atoms with van der Waals surface area (Å²) in [7, 11) is 0. The van der Waals surface area contributed by atoms with E-state index in [9.17, 15) is 0 Å². The van der Waals surface area contributed by atoms with Crippen LogP contribution >= 0.6 is 0 Å². The molecule has 0 radical (unpaired) electrons. The smallest absolute Gasteiger partial charge is 0.103 e. The topological polar surface area (TPSA) is 41.8 Å². The van der Waals surface area contributed by atoms with Gasteiger partial charge in [0.2, 0.25) is 0 Å². The summed E-state index contributed by atoms with van der Waals surface area (Å²) >= 11 is 0. The Labute approximate surface area is 56.1 Å². The van der Waals surface area contributed by atoms with Crippen LogP contribution in [0, 0.1) is 6.92 Å². The Morgan fingerprint density at radius 2 is 2.00 bits per heavy atom. The molecule has 1 rings (SSSR count). The zero-order chi connectivity index (χ0) is 7.28. The van der Waals surface area contributed by atoms with Gasteiger partial charge in [-0.1, -0.05) is 13.8 Å². The molecule has 9 heavy (non-hydrogen) atoms. The van der Waals surface area contributed by atoms with Gasteiger partial charge >= 0.3 is 0 Å². The average Bonchev–Trinajstić information content (AvgIpc) is 2.23. The number of H-pyrrole nitrogens is 1. The first-order valence-corrected chi connectivity index (χ1v) is 3.20. The van der Waals surface area contributed by atoms with Gasteiger partial charge in [0.05, 0.1) is 0 Å². The maximum Gasteiger partial charge on any atom is 0.103 e. The van der Waals surface area contributed by atoms with Gasteiger partial charge in [-0.05, 0) is 18.6 Å². The van der Waals surface area contributed by atoms with Crippen LogP contribution in [0.3, 0.4) is 0 Å². The lowest BCUT2D eigenvalue weighted by atomic mass is 10.4. The fraction of sp³-hybridized carbons (Fsp3) is 0.429. The zero-order valence-corrected chi connectivity index (χ0v) is 6.23. The van der Waals surface area contributed by atoms with Gasteiger partial charge in [0, 0.05) is 6.20 Å². The van der Waals surface area contributed by atoms with Gasteiger partial charge in [0.25, 0.3) is 0 Å². The monoisotopic (exact) mass is 126 g/mol. The largest absolute Gasteiger partial charge is 0.385 e. The van der Waals surface area contributed by atoms with E-state index < -0.39 is 0 Å². The van der Waals surface area contributed by atoms with Crippen molar-refractivity contribution in [2.45, 2.75) is 20.8 Å². The van der Waals surface area contributed by atoms with Crippen molar-refractivity contribution in [3.05, 3.63) is 17.8 Å². The number of aromatic nitrogens is 1. The highest BCUT2D eigenvalue weighted by Crippen LogP contribution is 2.03. The number of aryl methyl sites for hydroxylation is 1. The van der Waals surface area contributed by atoms with E-state index in [0.29, 0.717) is 0 Å². The lowest BCUT2D eigenvalue weighted by Gasteiger charge is -1.82. The second-order valence-corrected chi connectivity index (χ2v) is 1.57. The fourth-order valence-corrected chi connectivity index (χ4v) is 0.460. The van der Waals surface area contributed by atoms with Crippen LogP contribution in [-0.2, 0) is 0 Å². The van der Waals surface area contributed by atoms with E-state index in [1.165, 1.54) is 0 Å². The Balaban J connectivity index is 0.000000291. The number of hydrogen-bond acceptors (Lipinski definition) is 1. The van der Waals surface area contributed by atoms with E-state index in [1.807, 2.05) is 33.0 Å². The van der Waals surface area contributed by atoms with Gasteiger partial charge < -0.3 is 10.7 Å². The molecule has 3 N–H and O–H groups in total. The van der Waals surface area contributed by atoms with Crippen LogP contribution in [0.25, 0.3) is 0 Å². The molecule has 1 aromatic rings. The highest BCUT2D eigenvalue weighted by atomic mass is 14.8. The zero-order valence-electron chi connectivity index (χ0n) is 6.23. The van der Waals surface area contributed by atoms with E-state index in [-0.39, 0.29) is 0 Å². The van der Waals surface area contributed by atoms with Crippen molar-refractivity contribution in [2.75, 3.05) is 5.73 Å². The number of nitrogen functional groups attached to an aromatic ring is 1. The molecule has 0 unspecified atom stereocenters. The maximum absolute atomic E-state index is 5.38. The van der Waals surface area contributed by atoms with Crippen LogP contribution < -0.4 is 5.73 Å². The number of hydrogen-bond donors (Lipinski definition) is 2. The molecule has 0 aliphatic carbocycles. The van der Waals surface area contributed by atoms with Crippen molar-refractivity contribution in [3.8, 4) is 0 Å². The van der Waals surface area contributed by atoms with Crippen molar-refractivity contribution in [3.63, 3.8) is 0 Å². The number of anilines is 1. The highest BCUT2D eigenvalue weighted by Gasteiger charge is 1.86. The fourth-order valence-electron chi connectivity index (χ4n) is 0.460. The molecule has 2 nitrogen and oxygen atoms in total. The van der Waals surface area contributed by atoms with Crippen LogP contribution in [0.2, 0.25) is 0 Å². The summed E-state index contributed by atoms with van der Waals surface area (Å²) in [4.78, 5) is 2.85. The van der Waals surface area contributed by atoms with Crippen LogP contribution in [0.1, 0.15) is 19.4 Å². The Hall–Kier alpha value is -0.920. The predicted octanol–water partition coefficient (Wildman–Crippen LogP) is 1.93. The third-order valence-corrected chi connectivity index (χ3v) is 0.997. The third-order valence-electron chi connectivity index (χ3n) is 0.997. The molecule has 0 spiro atoms. The van der Waals surface area contributed by atoms with Crippen molar-refractivity contribution in [1.29, 1.82) is 0 Å². The molecule has 1 heterocycles. The summed E-state index contributed by atoms with van der Waals surface area (Å²) in [5, 5.41) is 0. The van der Waals surface area contributed by atoms with Crippen molar-refractivity contribution in [1.82, 2.24) is 4.98 Å². The third kappa shape index (κ3) is 2.22. The molecule has 0 bridgehead atoms. The molecular formula is C7H14N2. The van der Waals surface area contributed by atoms with E-state index in [2.05, 4.69) is 4.98 Å². The quantitative estimate of drug-likeness (QED) is 0.548. The molecule has 0 aromatic carbocycles. The molecule has 0 saturated carbocycles. The number of nitrogens with one attached hydrogen (secondary N) is 1. The summed E-state index contributed by atoms with van der Waals surface area (Å²) in [6.07, 6.45) is 1.82. The van der Waals surface area contributed by atoms with Gasteiger partial charge in [-0.25, -0.2) is 0 Å². The van der Waals surface area contributed by atoms with Crippen LogP contribution in [0.4, 0.5) is 5.82 Å². The Morgan fingerprint density at radius 3 is 2.11 bits per heavy atom. The Morgan fingerprint density at radius 1 is 1.44 bits per heavy atom. The van der Waals surface area contributed by atoms with Crippen LogP contribution in [-0.4, -0.2) is 4.98 Å². The van der Waals surface area contributed by atoms with E-state index >= 15 is 0 Å². The Bertz CT molecular complexity index is 139. The van der Waals surface area contributed by atoms with Crippen LogP contribution in [0.5, 0.6) is 0 Å².